The Morgan fingerprint density at radius 3 is 2.42 bits per heavy atom. The van der Waals surface area contributed by atoms with Crippen LogP contribution in [0.3, 0.4) is 0 Å². The third kappa shape index (κ3) is 5.47. The molecule has 4 N–H and O–H groups in total. The summed E-state index contributed by atoms with van der Waals surface area (Å²) in [6.07, 6.45) is 4.68. The molecule has 0 aliphatic carbocycles. The van der Waals surface area contributed by atoms with Gasteiger partial charge in [-0.1, -0.05) is 18.2 Å². The minimum Gasteiger partial charge on any atom is -0.439 e. The molecule has 0 radical (unpaired) electrons. The van der Waals surface area contributed by atoms with Gasteiger partial charge in [0.2, 0.25) is 11.8 Å². The summed E-state index contributed by atoms with van der Waals surface area (Å²) in [5.41, 5.74) is 8.27. The number of anilines is 3. The number of aromatic nitrogens is 3. The van der Waals surface area contributed by atoms with Crippen molar-refractivity contribution in [2.75, 3.05) is 10.6 Å². The van der Waals surface area contributed by atoms with Crippen LogP contribution in [0.4, 0.5) is 17.1 Å². The maximum absolute atomic E-state index is 12.0. The van der Waals surface area contributed by atoms with E-state index in [1.807, 2.05) is 24.3 Å². The number of carbonyl (C=O) groups is 2. The Bertz CT molecular complexity index is 1310. The Morgan fingerprint density at radius 1 is 0.909 bits per heavy atom. The first-order valence-corrected chi connectivity index (χ1v) is 9.98. The zero-order valence-electron chi connectivity index (χ0n) is 17.6. The van der Waals surface area contributed by atoms with Gasteiger partial charge in [0.25, 0.3) is 5.91 Å². The first-order chi connectivity index (χ1) is 16.0. The minimum absolute atomic E-state index is 0.189. The molecule has 0 saturated heterocycles. The molecule has 0 unspecified atom stereocenters. The standard InChI is InChI=1S/C24H20N6O3/c1-15(31)29-18-7-3-8-19(12-18)33-22-13-21(20(14-28-22)23(25)32)30-17-6-2-5-16(11-17)24-26-9-4-10-27-24/h2-14H,1H3,(H2,25,32)(H,28,30)(H,29,31). The summed E-state index contributed by atoms with van der Waals surface area (Å²) < 4.78 is 5.83. The van der Waals surface area contributed by atoms with E-state index in [9.17, 15) is 9.59 Å². The third-order valence-electron chi connectivity index (χ3n) is 4.49. The molecular weight excluding hydrogens is 420 g/mol. The van der Waals surface area contributed by atoms with Crippen molar-refractivity contribution in [1.29, 1.82) is 0 Å². The second kappa shape index (κ2) is 9.56. The molecule has 2 aromatic carbocycles. The highest BCUT2D eigenvalue weighted by Gasteiger charge is 2.13. The highest BCUT2D eigenvalue weighted by Crippen LogP contribution is 2.29. The van der Waals surface area contributed by atoms with Crippen molar-refractivity contribution < 1.29 is 14.3 Å². The first-order valence-electron chi connectivity index (χ1n) is 9.98. The summed E-state index contributed by atoms with van der Waals surface area (Å²) in [4.78, 5) is 36.0. The number of ether oxygens (including phenoxy) is 1. The van der Waals surface area contributed by atoms with E-state index in [1.54, 1.807) is 48.8 Å². The molecule has 33 heavy (non-hydrogen) atoms. The maximum Gasteiger partial charge on any atom is 0.252 e. The van der Waals surface area contributed by atoms with E-state index in [1.165, 1.54) is 13.1 Å². The fraction of sp³-hybridized carbons (Fsp3) is 0.0417. The second-order valence-corrected chi connectivity index (χ2v) is 7.02. The Kier molecular flexibility index (Phi) is 6.21. The molecular formula is C24H20N6O3. The topological polar surface area (TPSA) is 132 Å². The molecule has 0 bridgehead atoms. The number of nitrogens with one attached hydrogen (secondary N) is 2. The first kappa shape index (κ1) is 21.4. The zero-order chi connectivity index (χ0) is 23.2. The summed E-state index contributed by atoms with van der Waals surface area (Å²) in [6.45, 7) is 1.43. The van der Waals surface area contributed by atoms with Gasteiger partial charge in [0.15, 0.2) is 5.82 Å². The summed E-state index contributed by atoms with van der Waals surface area (Å²) in [5.74, 6) is 0.464. The number of benzene rings is 2. The summed E-state index contributed by atoms with van der Waals surface area (Å²) >= 11 is 0. The van der Waals surface area contributed by atoms with Crippen LogP contribution in [0.25, 0.3) is 11.4 Å². The van der Waals surface area contributed by atoms with E-state index in [4.69, 9.17) is 10.5 Å². The van der Waals surface area contributed by atoms with Crippen LogP contribution in [0.5, 0.6) is 11.6 Å². The van der Waals surface area contributed by atoms with Crippen LogP contribution in [0.15, 0.2) is 79.3 Å². The molecule has 2 heterocycles. The number of hydrogen-bond acceptors (Lipinski definition) is 7. The van der Waals surface area contributed by atoms with Crippen molar-refractivity contribution in [3.05, 3.63) is 84.8 Å². The molecule has 9 heteroatoms. The van der Waals surface area contributed by atoms with Crippen LogP contribution < -0.4 is 21.1 Å². The van der Waals surface area contributed by atoms with Gasteiger partial charge in [0.05, 0.1) is 11.3 Å². The number of nitrogens with zero attached hydrogens (tertiary/aromatic N) is 3. The van der Waals surface area contributed by atoms with Crippen LogP contribution in [0.2, 0.25) is 0 Å². The van der Waals surface area contributed by atoms with Gasteiger partial charge >= 0.3 is 0 Å². The van der Waals surface area contributed by atoms with Crippen molar-refractivity contribution in [2.24, 2.45) is 5.73 Å². The lowest BCUT2D eigenvalue weighted by molar-refractivity contribution is -0.114. The van der Waals surface area contributed by atoms with Crippen molar-refractivity contribution >= 4 is 28.9 Å². The van der Waals surface area contributed by atoms with Gasteiger partial charge in [0.1, 0.15) is 5.75 Å². The zero-order valence-corrected chi connectivity index (χ0v) is 17.6. The van der Waals surface area contributed by atoms with Gasteiger partial charge in [-0.15, -0.1) is 0 Å². The molecule has 0 aliphatic rings. The highest BCUT2D eigenvalue weighted by atomic mass is 16.5. The molecule has 0 aliphatic heterocycles. The Hall–Kier alpha value is -4.79. The van der Waals surface area contributed by atoms with Crippen LogP contribution in [-0.4, -0.2) is 26.8 Å². The molecule has 164 valence electrons. The molecule has 0 atom stereocenters. The largest absolute Gasteiger partial charge is 0.439 e. The number of hydrogen-bond donors (Lipinski definition) is 3. The number of primary amides is 1. The van der Waals surface area contributed by atoms with Crippen LogP contribution in [0.1, 0.15) is 17.3 Å². The third-order valence-corrected chi connectivity index (χ3v) is 4.49. The van der Waals surface area contributed by atoms with Crippen LogP contribution in [0, 0.1) is 0 Å². The quantitative estimate of drug-likeness (QED) is 0.393. The SMILES string of the molecule is CC(=O)Nc1cccc(Oc2cc(Nc3cccc(-c4ncccn4)c3)c(C(N)=O)cn2)c1. The molecule has 0 fully saturated rings. The summed E-state index contributed by atoms with van der Waals surface area (Å²) in [5, 5.41) is 5.89. The van der Waals surface area contributed by atoms with E-state index in [0.29, 0.717) is 28.6 Å². The van der Waals surface area contributed by atoms with E-state index in [-0.39, 0.29) is 17.4 Å². The predicted octanol–water partition coefficient (Wildman–Crippen LogP) is 4.13. The lowest BCUT2D eigenvalue weighted by atomic mass is 10.1. The molecule has 0 spiro atoms. The van der Waals surface area contributed by atoms with Crippen LogP contribution >= 0.6 is 0 Å². The predicted molar refractivity (Wildman–Crippen MR) is 124 cm³/mol. The number of amides is 2. The molecule has 4 aromatic rings. The van der Waals surface area contributed by atoms with Gasteiger partial charge < -0.3 is 21.1 Å². The average molecular weight is 440 g/mol. The van der Waals surface area contributed by atoms with Gasteiger partial charge in [0, 0.05) is 54.6 Å². The summed E-state index contributed by atoms with van der Waals surface area (Å²) in [7, 11) is 0. The lowest BCUT2D eigenvalue weighted by Gasteiger charge is -2.13. The van der Waals surface area contributed by atoms with Crippen molar-refractivity contribution in [3.63, 3.8) is 0 Å². The number of carbonyl (C=O) groups excluding carboxylic acids is 2. The second-order valence-electron chi connectivity index (χ2n) is 7.02. The van der Waals surface area contributed by atoms with Gasteiger partial charge in [-0.2, -0.15) is 0 Å². The number of rotatable bonds is 7. The van der Waals surface area contributed by atoms with Crippen molar-refractivity contribution in [3.8, 4) is 23.0 Å². The van der Waals surface area contributed by atoms with E-state index >= 15 is 0 Å². The smallest absolute Gasteiger partial charge is 0.252 e. The van der Waals surface area contributed by atoms with Crippen molar-refractivity contribution in [2.45, 2.75) is 6.92 Å². The van der Waals surface area contributed by atoms with Crippen molar-refractivity contribution in [1.82, 2.24) is 15.0 Å². The van der Waals surface area contributed by atoms with Crippen LogP contribution in [-0.2, 0) is 4.79 Å². The highest BCUT2D eigenvalue weighted by molar-refractivity contribution is 5.99. The van der Waals surface area contributed by atoms with E-state index in [2.05, 4.69) is 25.6 Å². The maximum atomic E-state index is 12.0. The number of pyridine rings is 1. The molecule has 2 aromatic heterocycles. The fourth-order valence-electron chi connectivity index (χ4n) is 3.09. The Morgan fingerprint density at radius 2 is 1.67 bits per heavy atom. The summed E-state index contributed by atoms with van der Waals surface area (Å²) in [6, 6.07) is 17.7. The monoisotopic (exact) mass is 440 g/mol. The molecule has 0 saturated carbocycles. The molecule has 9 nitrogen and oxygen atoms in total. The molecule has 2 amide bonds. The van der Waals surface area contributed by atoms with E-state index in [0.717, 1.165) is 5.56 Å². The number of nitrogens with two attached hydrogens (primary N) is 1. The average Bonchev–Trinajstić information content (AvgIpc) is 2.80. The van der Waals surface area contributed by atoms with E-state index < -0.39 is 5.91 Å². The minimum atomic E-state index is -0.633. The Balaban J connectivity index is 1.61. The molecule has 4 rings (SSSR count). The Labute approximate surface area is 189 Å². The lowest BCUT2D eigenvalue weighted by Crippen LogP contribution is -2.14. The normalized spacial score (nSPS) is 10.3. The van der Waals surface area contributed by atoms with Gasteiger partial charge in [-0.25, -0.2) is 15.0 Å². The van der Waals surface area contributed by atoms with Gasteiger partial charge in [-0.05, 0) is 30.3 Å². The van der Waals surface area contributed by atoms with Gasteiger partial charge in [-0.3, -0.25) is 9.59 Å². The fourth-order valence-corrected chi connectivity index (χ4v) is 3.09.